The highest BCUT2D eigenvalue weighted by Gasteiger charge is 2.09. The lowest BCUT2D eigenvalue weighted by atomic mass is 10.1. The summed E-state index contributed by atoms with van der Waals surface area (Å²) in [4.78, 5) is 12.2. The lowest BCUT2D eigenvalue weighted by Crippen LogP contribution is -2.27. The molecule has 0 fully saturated rings. The molecule has 6 heteroatoms. The molecule has 0 radical (unpaired) electrons. The van der Waals surface area contributed by atoms with Crippen LogP contribution in [-0.2, 0) is 24.2 Å². The Labute approximate surface area is 182 Å². The van der Waals surface area contributed by atoms with E-state index in [0.29, 0.717) is 36.8 Å². The number of carbonyl (C=O) groups is 1. The summed E-state index contributed by atoms with van der Waals surface area (Å²) in [6, 6.07) is 20.7. The number of aromatic hydroxyl groups is 1. The highest BCUT2D eigenvalue weighted by molar-refractivity contribution is 5.78. The van der Waals surface area contributed by atoms with Crippen molar-refractivity contribution in [1.82, 2.24) is 5.32 Å². The van der Waals surface area contributed by atoms with E-state index in [4.69, 9.17) is 14.2 Å². The van der Waals surface area contributed by atoms with Crippen molar-refractivity contribution < 1.29 is 24.1 Å². The number of phenols is 1. The minimum Gasteiger partial charge on any atom is -0.504 e. The Bertz CT molecular complexity index is 1000. The number of benzene rings is 3. The van der Waals surface area contributed by atoms with Gasteiger partial charge < -0.3 is 24.6 Å². The quantitative estimate of drug-likeness (QED) is 0.519. The average molecular weight is 421 g/mol. The molecule has 0 bridgehead atoms. The second kappa shape index (κ2) is 10.9. The predicted molar refractivity (Wildman–Crippen MR) is 119 cm³/mol. The Morgan fingerprint density at radius 1 is 0.839 bits per heavy atom. The van der Waals surface area contributed by atoms with Crippen molar-refractivity contribution in [3.63, 3.8) is 0 Å². The Hall–Kier alpha value is -3.67. The van der Waals surface area contributed by atoms with E-state index in [-0.39, 0.29) is 18.1 Å². The van der Waals surface area contributed by atoms with Crippen LogP contribution in [0.15, 0.2) is 66.7 Å². The first-order chi connectivity index (χ1) is 15.1. The summed E-state index contributed by atoms with van der Waals surface area (Å²) in [5.41, 5.74) is 2.84. The summed E-state index contributed by atoms with van der Waals surface area (Å²) in [5.74, 6) is 1.63. The summed E-state index contributed by atoms with van der Waals surface area (Å²) in [7, 11) is 3.10. The summed E-state index contributed by atoms with van der Waals surface area (Å²) in [6.07, 6.45) is 0.849. The third-order valence-corrected chi connectivity index (χ3v) is 4.81. The van der Waals surface area contributed by atoms with Crippen molar-refractivity contribution in [2.75, 3.05) is 20.8 Å². The van der Waals surface area contributed by atoms with Crippen LogP contribution in [0.2, 0.25) is 0 Å². The number of amides is 1. The van der Waals surface area contributed by atoms with Crippen molar-refractivity contribution in [3.8, 4) is 23.0 Å². The second-order valence-electron chi connectivity index (χ2n) is 7.04. The third-order valence-electron chi connectivity index (χ3n) is 4.81. The van der Waals surface area contributed by atoms with E-state index in [1.165, 1.54) is 13.2 Å². The summed E-state index contributed by atoms with van der Waals surface area (Å²) in [5, 5.41) is 12.7. The van der Waals surface area contributed by atoms with E-state index in [1.807, 2.05) is 48.5 Å². The third kappa shape index (κ3) is 6.40. The normalized spacial score (nSPS) is 10.4. The van der Waals surface area contributed by atoms with Crippen LogP contribution >= 0.6 is 0 Å². The number of carbonyl (C=O) groups excluding carboxylic acids is 1. The zero-order valence-corrected chi connectivity index (χ0v) is 17.8. The number of methoxy groups -OCH3 is 2. The molecular weight excluding hydrogens is 394 g/mol. The maximum atomic E-state index is 12.2. The highest BCUT2D eigenvalue weighted by atomic mass is 16.5. The molecule has 6 nitrogen and oxygen atoms in total. The molecule has 2 N–H and O–H groups in total. The van der Waals surface area contributed by atoms with E-state index >= 15 is 0 Å². The minimum absolute atomic E-state index is 0.0227. The van der Waals surface area contributed by atoms with Crippen molar-refractivity contribution in [2.24, 2.45) is 0 Å². The Morgan fingerprint density at radius 3 is 2.26 bits per heavy atom. The van der Waals surface area contributed by atoms with Crippen LogP contribution in [0.5, 0.6) is 23.0 Å². The van der Waals surface area contributed by atoms with Gasteiger partial charge in [-0.3, -0.25) is 4.79 Å². The van der Waals surface area contributed by atoms with E-state index in [2.05, 4.69) is 5.32 Å². The SMILES string of the molecule is COc1ccc(CC(=O)NCCc2ccc(OCc3ccccc3)c(OC)c2)cc1O. The Balaban J connectivity index is 1.49. The van der Waals surface area contributed by atoms with E-state index in [1.54, 1.807) is 19.2 Å². The van der Waals surface area contributed by atoms with Crippen molar-refractivity contribution in [2.45, 2.75) is 19.4 Å². The van der Waals surface area contributed by atoms with Gasteiger partial charge in [0.2, 0.25) is 5.91 Å². The first-order valence-corrected chi connectivity index (χ1v) is 10.0. The number of nitrogens with one attached hydrogen (secondary N) is 1. The molecule has 0 aliphatic rings. The van der Waals surface area contributed by atoms with Gasteiger partial charge >= 0.3 is 0 Å². The topological polar surface area (TPSA) is 77.0 Å². The van der Waals surface area contributed by atoms with E-state index < -0.39 is 0 Å². The molecule has 1 amide bonds. The molecule has 0 heterocycles. The molecule has 162 valence electrons. The highest BCUT2D eigenvalue weighted by Crippen LogP contribution is 2.29. The lowest BCUT2D eigenvalue weighted by molar-refractivity contribution is -0.120. The predicted octanol–water partition coefficient (Wildman–Crippen LogP) is 3.89. The van der Waals surface area contributed by atoms with Gasteiger partial charge in [-0.25, -0.2) is 0 Å². The van der Waals surface area contributed by atoms with Crippen LogP contribution in [0.4, 0.5) is 0 Å². The van der Waals surface area contributed by atoms with Gasteiger partial charge in [-0.2, -0.15) is 0 Å². The van der Waals surface area contributed by atoms with Gasteiger partial charge in [0.05, 0.1) is 20.6 Å². The van der Waals surface area contributed by atoms with Gasteiger partial charge in [-0.05, 0) is 47.4 Å². The fraction of sp³-hybridized carbons (Fsp3) is 0.240. The molecule has 0 aromatic heterocycles. The molecule has 3 aromatic rings. The average Bonchev–Trinajstić information content (AvgIpc) is 2.79. The molecule has 3 aromatic carbocycles. The fourth-order valence-electron chi connectivity index (χ4n) is 3.16. The molecule has 0 saturated heterocycles. The monoisotopic (exact) mass is 421 g/mol. The maximum Gasteiger partial charge on any atom is 0.224 e. The van der Waals surface area contributed by atoms with Gasteiger partial charge in [-0.15, -0.1) is 0 Å². The van der Waals surface area contributed by atoms with E-state index in [9.17, 15) is 9.90 Å². The van der Waals surface area contributed by atoms with Crippen molar-refractivity contribution >= 4 is 5.91 Å². The van der Waals surface area contributed by atoms with Crippen LogP contribution in [0.3, 0.4) is 0 Å². The largest absolute Gasteiger partial charge is 0.504 e. The van der Waals surface area contributed by atoms with Crippen molar-refractivity contribution in [1.29, 1.82) is 0 Å². The summed E-state index contributed by atoms with van der Waals surface area (Å²) < 4.78 is 16.4. The van der Waals surface area contributed by atoms with Crippen LogP contribution in [-0.4, -0.2) is 31.8 Å². The van der Waals surface area contributed by atoms with Gasteiger partial charge in [-0.1, -0.05) is 42.5 Å². The molecule has 3 rings (SSSR count). The first kappa shape index (κ1) is 22.0. The summed E-state index contributed by atoms with van der Waals surface area (Å²) in [6.45, 7) is 0.960. The molecular formula is C25H27NO5. The van der Waals surface area contributed by atoms with Gasteiger partial charge in [0.1, 0.15) is 6.61 Å². The molecule has 0 aliphatic heterocycles. The second-order valence-corrected chi connectivity index (χ2v) is 7.04. The first-order valence-electron chi connectivity index (χ1n) is 10.0. The number of hydrogen-bond donors (Lipinski definition) is 2. The number of rotatable bonds is 10. The van der Waals surface area contributed by atoms with E-state index in [0.717, 1.165) is 16.7 Å². The van der Waals surface area contributed by atoms with Crippen LogP contribution in [0.1, 0.15) is 16.7 Å². The zero-order valence-electron chi connectivity index (χ0n) is 17.8. The lowest BCUT2D eigenvalue weighted by Gasteiger charge is -2.13. The zero-order chi connectivity index (χ0) is 22.1. The molecule has 0 unspecified atom stereocenters. The van der Waals surface area contributed by atoms with Gasteiger partial charge in [0.15, 0.2) is 23.0 Å². The maximum absolute atomic E-state index is 12.2. The molecule has 0 aliphatic carbocycles. The minimum atomic E-state index is -0.112. The summed E-state index contributed by atoms with van der Waals surface area (Å²) >= 11 is 0. The molecule has 0 spiro atoms. The Kier molecular flexibility index (Phi) is 7.76. The molecule has 0 atom stereocenters. The number of ether oxygens (including phenoxy) is 3. The smallest absolute Gasteiger partial charge is 0.224 e. The van der Waals surface area contributed by atoms with Crippen LogP contribution < -0.4 is 19.5 Å². The molecule has 0 saturated carbocycles. The Morgan fingerprint density at radius 2 is 1.55 bits per heavy atom. The van der Waals surface area contributed by atoms with Crippen LogP contribution in [0, 0.1) is 0 Å². The van der Waals surface area contributed by atoms with Gasteiger partial charge in [0, 0.05) is 6.54 Å². The molecule has 31 heavy (non-hydrogen) atoms. The number of hydrogen-bond acceptors (Lipinski definition) is 5. The van der Waals surface area contributed by atoms with Gasteiger partial charge in [0.25, 0.3) is 0 Å². The number of phenolic OH excluding ortho intramolecular Hbond substituents is 1. The fourth-order valence-corrected chi connectivity index (χ4v) is 3.16. The standard InChI is InChI=1S/C25H27NO5/c1-29-22-10-9-20(14-21(22)27)16-25(28)26-13-12-18-8-11-23(24(15-18)30-2)31-17-19-6-4-3-5-7-19/h3-11,14-15,27H,12-13,16-17H2,1-2H3,(H,26,28). The van der Waals surface area contributed by atoms with Crippen LogP contribution in [0.25, 0.3) is 0 Å². The van der Waals surface area contributed by atoms with Crippen molar-refractivity contribution in [3.05, 3.63) is 83.4 Å².